The minimum Gasteiger partial charge on any atom is -0.299 e. The molecule has 2 aliphatic rings. The molecular formula is C33H44Cl3N3O. The molecule has 3 heterocycles. The number of piperidine rings is 1. The number of rotatable bonds is 9. The van der Waals surface area contributed by atoms with Gasteiger partial charge in [-0.1, -0.05) is 42.5 Å². The number of fused-ring (bicyclic) bond motifs is 1. The number of aryl methyl sites for hydroxylation is 1. The lowest BCUT2D eigenvalue weighted by molar-refractivity contribution is 0.0974. The number of nitrogens with zero attached hydrogens (tertiary/aromatic N) is 3. The largest absolute Gasteiger partial charge is 0.299 e. The van der Waals surface area contributed by atoms with Gasteiger partial charge in [0.05, 0.1) is 0 Å². The van der Waals surface area contributed by atoms with Crippen LogP contribution in [0.1, 0.15) is 70.3 Å². The summed E-state index contributed by atoms with van der Waals surface area (Å²) >= 11 is 0. The molecule has 0 radical (unpaired) electrons. The van der Waals surface area contributed by atoms with Gasteiger partial charge in [0, 0.05) is 50.6 Å². The summed E-state index contributed by atoms with van der Waals surface area (Å²) < 4.78 is 0. The Kier molecular flexibility index (Phi) is 14.7. The molecule has 0 atom stereocenters. The normalized spacial score (nSPS) is 16.0. The van der Waals surface area contributed by atoms with E-state index < -0.39 is 0 Å². The second-order valence-electron chi connectivity index (χ2n) is 11.1. The van der Waals surface area contributed by atoms with Crippen LogP contribution in [-0.2, 0) is 25.9 Å². The predicted molar refractivity (Wildman–Crippen MR) is 172 cm³/mol. The summed E-state index contributed by atoms with van der Waals surface area (Å²) in [6, 6.07) is 19.4. The van der Waals surface area contributed by atoms with Crippen LogP contribution in [0, 0.1) is 12.8 Å². The number of hydrogen-bond acceptors (Lipinski definition) is 4. The molecule has 4 nitrogen and oxygen atoms in total. The van der Waals surface area contributed by atoms with Crippen LogP contribution in [0.5, 0.6) is 0 Å². The maximum absolute atomic E-state index is 13.0. The van der Waals surface area contributed by atoms with E-state index in [1.54, 1.807) is 0 Å². The van der Waals surface area contributed by atoms with E-state index in [0.717, 1.165) is 56.9 Å². The second-order valence-corrected chi connectivity index (χ2v) is 11.1. The van der Waals surface area contributed by atoms with Crippen LogP contribution < -0.4 is 0 Å². The quantitative estimate of drug-likeness (QED) is 0.237. The molecule has 0 saturated carbocycles. The molecule has 1 aromatic heterocycles. The number of aromatic nitrogens is 1. The average molecular weight is 605 g/mol. The van der Waals surface area contributed by atoms with E-state index in [1.807, 2.05) is 18.5 Å². The molecule has 218 valence electrons. The third kappa shape index (κ3) is 9.56. The van der Waals surface area contributed by atoms with Gasteiger partial charge in [-0.3, -0.25) is 19.6 Å². The van der Waals surface area contributed by atoms with Crippen LogP contribution in [0.15, 0.2) is 67.0 Å². The smallest absolute Gasteiger partial charge is 0.162 e. The Hall–Kier alpha value is -1.95. The van der Waals surface area contributed by atoms with Crippen LogP contribution in [0.25, 0.3) is 0 Å². The average Bonchev–Trinajstić information content (AvgIpc) is 3.13. The van der Waals surface area contributed by atoms with Crippen molar-refractivity contribution < 1.29 is 4.79 Å². The highest BCUT2D eigenvalue weighted by molar-refractivity contribution is 5.96. The molecule has 7 heteroatoms. The van der Waals surface area contributed by atoms with Gasteiger partial charge in [-0.05, 0) is 104 Å². The first kappa shape index (κ1) is 34.3. The molecule has 0 bridgehead atoms. The summed E-state index contributed by atoms with van der Waals surface area (Å²) in [6.45, 7) is 8.66. The summed E-state index contributed by atoms with van der Waals surface area (Å²) in [5.41, 5.74) is 7.79. The van der Waals surface area contributed by atoms with Crippen molar-refractivity contribution in [3.05, 3.63) is 100 Å². The highest BCUT2D eigenvalue weighted by atomic mass is 35.5. The van der Waals surface area contributed by atoms with E-state index in [1.165, 1.54) is 60.2 Å². The number of carbonyl (C=O) groups excluding carboxylic acids is 1. The molecule has 0 spiro atoms. The van der Waals surface area contributed by atoms with Gasteiger partial charge in [0.25, 0.3) is 0 Å². The highest BCUT2D eigenvalue weighted by Crippen LogP contribution is 2.25. The molecule has 0 unspecified atom stereocenters. The fourth-order valence-electron chi connectivity index (χ4n) is 6.01. The first-order chi connectivity index (χ1) is 18.1. The zero-order valence-corrected chi connectivity index (χ0v) is 26.0. The van der Waals surface area contributed by atoms with Crippen LogP contribution in [0.3, 0.4) is 0 Å². The van der Waals surface area contributed by atoms with Crippen molar-refractivity contribution in [2.45, 2.75) is 65.0 Å². The molecule has 2 aliphatic heterocycles. The van der Waals surface area contributed by atoms with Crippen molar-refractivity contribution in [2.75, 3.05) is 26.2 Å². The molecule has 40 heavy (non-hydrogen) atoms. The first-order valence-electron chi connectivity index (χ1n) is 14.2. The number of pyridine rings is 1. The first-order valence-corrected chi connectivity index (χ1v) is 14.2. The van der Waals surface area contributed by atoms with Crippen molar-refractivity contribution in [3.8, 4) is 0 Å². The van der Waals surface area contributed by atoms with Crippen molar-refractivity contribution >= 4 is 43.0 Å². The Morgan fingerprint density at radius 2 is 1.57 bits per heavy atom. The lowest BCUT2D eigenvalue weighted by Gasteiger charge is -2.32. The molecule has 0 amide bonds. The van der Waals surface area contributed by atoms with Gasteiger partial charge < -0.3 is 0 Å². The fourth-order valence-corrected chi connectivity index (χ4v) is 6.01. The molecule has 5 rings (SSSR count). The number of ketones is 1. The van der Waals surface area contributed by atoms with Gasteiger partial charge in [-0.2, -0.15) is 0 Å². The van der Waals surface area contributed by atoms with Crippen LogP contribution in [-0.4, -0.2) is 46.7 Å². The van der Waals surface area contributed by atoms with Gasteiger partial charge >= 0.3 is 0 Å². The lowest BCUT2D eigenvalue weighted by Crippen LogP contribution is -2.33. The standard InChI is InChI=1S/C33H41N3O.3ClH/c1-26-6-2-3-9-32(26)25-36-18-13-27(14-19-36)7-4-10-33(37)31-12-11-29-15-20-35(21-16-30(29)22-31)24-28-8-5-17-34-23-28;;;/h2-3,5-6,8-9,11-12,17,22-23,27H,4,7,10,13-16,18-21,24-25H2,1H3;3*1H. The van der Waals surface area contributed by atoms with Crippen molar-refractivity contribution in [1.82, 2.24) is 14.8 Å². The zero-order valence-electron chi connectivity index (χ0n) is 23.6. The molecular weight excluding hydrogens is 561 g/mol. The Morgan fingerprint density at radius 3 is 2.30 bits per heavy atom. The van der Waals surface area contributed by atoms with Gasteiger partial charge in [0.2, 0.25) is 0 Å². The van der Waals surface area contributed by atoms with Crippen LogP contribution in [0.4, 0.5) is 0 Å². The number of benzene rings is 2. The summed E-state index contributed by atoms with van der Waals surface area (Å²) in [5, 5.41) is 0. The molecule has 0 aliphatic carbocycles. The topological polar surface area (TPSA) is 36.4 Å². The Labute approximate surface area is 259 Å². The number of halogens is 3. The predicted octanol–water partition coefficient (Wildman–Crippen LogP) is 7.52. The fraction of sp³-hybridized carbons (Fsp3) is 0.455. The van der Waals surface area contributed by atoms with E-state index in [0.29, 0.717) is 12.2 Å². The number of likely N-dealkylation sites (tertiary alicyclic amines) is 1. The summed E-state index contributed by atoms with van der Waals surface area (Å²) in [7, 11) is 0. The SMILES string of the molecule is Cc1ccccc1CN1CCC(CCCC(=O)c2ccc3c(c2)CCN(Cc2cccnc2)CC3)CC1.Cl.Cl.Cl. The van der Waals surface area contributed by atoms with Crippen LogP contribution >= 0.6 is 37.2 Å². The number of Topliss-reactive ketones (excluding diaryl/α,β-unsaturated/α-hetero) is 1. The van der Waals surface area contributed by atoms with Crippen molar-refractivity contribution in [3.63, 3.8) is 0 Å². The minimum absolute atomic E-state index is 0. The third-order valence-electron chi connectivity index (χ3n) is 8.43. The Balaban J connectivity index is 0.00000187. The van der Waals surface area contributed by atoms with E-state index in [4.69, 9.17) is 0 Å². The maximum atomic E-state index is 13.0. The van der Waals surface area contributed by atoms with Gasteiger partial charge in [0.1, 0.15) is 0 Å². The second kappa shape index (κ2) is 17.1. The molecule has 1 saturated heterocycles. The van der Waals surface area contributed by atoms with E-state index in [2.05, 4.69) is 70.2 Å². The summed E-state index contributed by atoms with van der Waals surface area (Å²) in [4.78, 5) is 22.4. The van der Waals surface area contributed by atoms with E-state index in [9.17, 15) is 4.79 Å². The molecule has 0 N–H and O–H groups in total. The molecule has 1 fully saturated rings. The monoisotopic (exact) mass is 603 g/mol. The van der Waals surface area contributed by atoms with Crippen molar-refractivity contribution in [2.24, 2.45) is 5.92 Å². The Morgan fingerprint density at radius 1 is 0.850 bits per heavy atom. The zero-order chi connectivity index (χ0) is 25.5. The third-order valence-corrected chi connectivity index (χ3v) is 8.43. The highest BCUT2D eigenvalue weighted by Gasteiger charge is 2.20. The summed E-state index contributed by atoms with van der Waals surface area (Å²) in [5.74, 6) is 1.08. The van der Waals surface area contributed by atoms with E-state index >= 15 is 0 Å². The lowest BCUT2D eigenvalue weighted by atomic mass is 9.90. The number of hydrogen-bond donors (Lipinski definition) is 0. The van der Waals surface area contributed by atoms with Gasteiger partial charge in [-0.25, -0.2) is 0 Å². The Bertz CT molecular complexity index is 1180. The van der Waals surface area contributed by atoms with Gasteiger partial charge in [0.15, 0.2) is 5.78 Å². The molecule has 2 aromatic carbocycles. The minimum atomic E-state index is 0. The molecule has 3 aromatic rings. The van der Waals surface area contributed by atoms with Crippen molar-refractivity contribution in [1.29, 1.82) is 0 Å². The number of carbonyl (C=O) groups is 1. The van der Waals surface area contributed by atoms with Crippen LogP contribution in [0.2, 0.25) is 0 Å². The van der Waals surface area contributed by atoms with E-state index in [-0.39, 0.29) is 37.2 Å². The van der Waals surface area contributed by atoms with Gasteiger partial charge in [-0.15, -0.1) is 37.2 Å². The maximum Gasteiger partial charge on any atom is 0.162 e. The summed E-state index contributed by atoms with van der Waals surface area (Å²) in [6.07, 6.45) is 11.2.